The molecule has 1 saturated carbocycles. The van der Waals surface area contributed by atoms with Crippen molar-refractivity contribution in [1.29, 1.82) is 0 Å². The summed E-state index contributed by atoms with van der Waals surface area (Å²) in [5.74, 6) is 0.230. The predicted molar refractivity (Wildman–Crippen MR) is 94.3 cm³/mol. The van der Waals surface area contributed by atoms with Gasteiger partial charge in [-0.25, -0.2) is 9.38 Å². The van der Waals surface area contributed by atoms with Gasteiger partial charge in [0, 0.05) is 10.9 Å². The van der Waals surface area contributed by atoms with E-state index in [0.29, 0.717) is 18.5 Å². The van der Waals surface area contributed by atoms with Crippen molar-refractivity contribution in [2.45, 2.75) is 43.2 Å². The van der Waals surface area contributed by atoms with E-state index in [1.165, 1.54) is 25.0 Å². The summed E-state index contributed by atoms with van der Waals surface area (Å²) in [7, 11) is 0. The van der Waals surface area contributed by atoms with Gasteiger partial charge in [-0.05, 0) is 42.9 Å². The fraction of sp³-hybridized carbons (Fsp3) is 0.500. The minimum atomic E-state index is -0.231. The third kappa shape index (κ3) is 5.12. The molecule has 1 fully saturated rings. The normalized spacial score (nSPS) is 16.0. The lowest BCUT2D eigenvalue weighted by molar-refractivity contribution is 0.620. The third-order valence-electron chi connectivity index (χ3n) is 3.37. The molecule has 0 amide bonds. The van der Waals surface area contributed by atoms with Crippen LogP contribution in [-0.2, 0) is 6.54 Å². The van der Waals surface area contributed by atoms with Crippen molar-refractivity contribution in [3.05, 3.63) is 29.6 Å². The van der Waals surface area contributed by atoms with E-state index in [0.717, 1.165) is 23.3 Å². The highest BCUT2D eigenvalue weighted by Crippen LogP contribution is 2.22. The van der Waals surface area contributed by atoms with Crippen LogP contribution in [0.2, 0.25) is 0 Å². The Labute approximate surface area is 141 Å². The molecule has 20 heavy (non-hydrogen) atoms. The number of aliphatic imine (C=N–C) groups is 1. The summed E-state index contributed by atoms with van der Waals surface area (Å²) in [4.78, 5) is 5.35. The molecule has 1 aromatic rings. The number of nitrogens with zero attached hydrogens (tertiary/aromatic N) is 1. The Balaban J connectivity index is 0.00000200. The molecular weight excluding hydrogens is 388 g/mol. The minimum Gasteiger partial charge on any atom is -0.370 e. The van der Waals surface area contributed by atoms with E-state index in [1.807, 2.05) is 6.26 Å². The van der Waals surface area contributed by atoms with Gasteiger partial charge in [0.05, 0.1) is 6.54 Å². The third-order valence-corrected chi connectivity index (χ3v) is 4.21. The van der Waals surface area contributed by atoms with Crippen molar-refractivity contribution in [1.82, 2.24) is 5.32 Å². The van der Waals surface area contributed by atoms with Crippen LogP contribution in [0.4, 0.5) is 4.39 Å². The number of hydrogen-bond donors (Lipinski definition) is 2. The fourth-order valence-electron chi connectivity index (χ4n) is 2.37. The zero-order valence-electron chi connectivity index (χ0n) is 11.6. The van der Waals surface area contributed by atoms with Gasteiger partial charge < -0.3 is 11.1 Å². The Kier molecular flexibility index (Phi) is 7.65. The van der Waals surface area contributed by atoms with Gasteiger partial charge in [-0.1, -0.05) is 12.8 Å². The van der Waals surface area contributed by atoms with Crippen molar-refractivity contribution >= 4 is 41.7 Å². The number of benzene rings is 1. The lowest BCUT2D eigenvalue weighted by atomic mass is 10.2. The van der Waals surface area contributed by atoms with Crippen molar-refractivity contribution < 1.29 is 4.39 Å². The first-order chi connectivity index (χ1) is 9.19. The molecule has 3 nitrogen and oxygen atoms in total. The molecule has 112 valence electrons. The van der Waals surface area contributed by atoms with Crippen LogP contribution in [-0.4, -0.2) is 18.3 Å². The highest BCUT2D eigenvalue weighted by molar-refractivity contribution is 14.0. The number of halogens is 2. The number of guanidine groups is 1. The van der Waals surface area contributed by atoms with E-state index < -0.39 is 0 Å². The minimum absolute atomic E-state index is 0. The summed E-state index contributed by atoms with van der Waals surface area (Å²) >= 11 is 1.59. The maximum absolute atomic E-state index is 13.2. The Hall–Kier alpha value is -0.500. The van der Waals surface area contributed by atoms with Crippen LogP contribution in [0.15, 0.2) is 28.1 Å². The summed E-state index contributed by atoms with van der Waals surface area (Å²) in [6.07, 6.45) is 6.80. The Morgan fingerprint density at radius 3 is 2.80 bits per heavy atom. The quantitative estimate of drug-likeness (QED) is 0.346. The summed E-state index contributed by atoms with van der Waals surface area (Å²) in [6, 6.07) is 5.24. The summed E-state index contributed by atoms with van der Waals surface area (Å²) in [5.41, 5.74) is 6.75. The second-order valence-corrected chi connectivity index (χ2v) is 5.63. The molecule has 0 atom stereocenters. The van der Waals surface area contributed by atoms with Crippen LogP contribution in [0.5, 0.6) is 0 Å². The number of hydrogen-bond acceptors (Lipinski definition) is 2. The van der Waals surface area contributed by atoms with Crippen LogP contribution in [0, 0.1) is 5.82 Å². The average Bonchev–Trinajstić information content (AvgIpc) is 2.89. The highest BCUT2D eigenvalue weighted by Gasteiger charge is 2.14. The Morgan fingerprint density at radius 2 is 2.15 bits per heavy atom. The molecule has 0 spiro atoms. The molecule has 0 bridgehead atoms. The molecule has 3 N–H and O–H groups in total. The fourth-order valence-corrected chi connectivity index (χ4v) is 2.96. The van der Waals surface area contributed by atoms with Gasteiger partial charge in [0.25, 0.3) is 0 Å². The van der Waals surface area contributed by atoms with E-state index in [4.69, 9.17) is 5.73 Å². The van der Waals surface area contributed by atoms with E-state index in [-0.39, 0.29) is 29.8 Å². The molecule has 6 heteroatoms. The van der Waals surface area contributed by atoms with Crippen molar-refractivity contribution in [2.24, 2.45) is 10.7 Å². The molecule has 0 aliphatic heterocycles. The first-order valence-corrected chi connectivity index (χ1v) is 7.80. The van der Waals surface area contributed by atoms with E-state index in [9.17, 15) is 4.39 Å². The zero-order chi connectivity index (χ0) is 13.7. The van der Waals surface area contributed by atoms with Gasteiger partial charge in [0.2, 0.25) is 0 Å². The molecule has 1 aliphatic carbocycles. The molecule has 1 aromatic carbocycles. The Bertz CT molecular complexity index is 462. The number of rotatable bonds is 4. The molecule has 0 saturated heterocycles. The maximum atomic E-state index is 13.2. The number of nitrogens with two attached hydrogens (primary N) is 1. The Morgan fingerprint density at radius 1 is 1.45 bits per heavy atom. The largest absolute Gasteiger partial charge is 0.370 e. The van der Waals surface area contributed by atoms with E-state index in [2.05, 4.69) is 10.3 Å². The van der Waals surface area contributed by atoms with Gasteiger partial charge in [0.15, 0.2) is 5.96 Å². The van der Waals surface area contributed by atoms with Gasteiger partial charge in [-0.3, -0.25) is 0 Å². The van der Waals surface area contributed by atoms with E-state index in [1.54, 1.807) is 17.8 Å². The summed E-state index contributed by atoms with van der Waals surface area (Å²) in [6.45, 7) is 0.416. The molecule has 0 radical (unpaired) electrons. The molecule has 2 rings (SSSR count). The van der Waals surface area contributed by atoms with Crippen molar-refractivity contribution in [3.63, 3.8) is 0 Å². The number of thioether (sulfide) groups is 1. The van der Waals surface area contributed by atoms with Crippen LogP contribution >= 0.6 is 35.7 Å². The molecule has 0 aromatic heterocycles. The van der Waals surface area contributed by atoms with Gasteiger partial charge in [0.1, 0.15) is 5.82 Å². The predicted octanol–water partition coefficient (Wildman–Crippen LogP) is 3.51. The monoisotopic (exact) mass is 409 g/mol. The lowest BCUT2D eigenvalue weighted by Gasteiger charge is -2.12. The molecule has 0 unspecified atom stereocenters. The summed E-state index contributed by atoms with van der Waals surface area (Å²) < 4.78 is 13.2. The van der Waals surface area contributed by atoms with E-state index >= 15 is 0 Å². The second kappa shape index (κ2) is 8.71. The van der Waals surface area contributed by atoms with Crippen molar-refractivity contribution in [3.8, 4) is 0 Å². The van der Waals surface area contributed by atoms with Crippen molar-refractivity contribution in [2.75, 3.05) is 6.26 Å². The zero-order valence-corrected chi connectivity index (χ0v) is 14.7. The SMILES string of the molecule is CSc1ccc(F)cc1CN=C(N)NC1CCCC1.I. The smallest absolute Gasteiger partial charge is 0.189 e. The van der Waals surface area contributed by atoms with Gasteiger partial charge in [-0.2, -0.15) is 0 Å². The first kappa shape index (κ1) is 17.6. The van der Waals surface area contributed by atoms with Crippen LogP contribution < -0.4 is 11.1 Å². The summed E-state index contributed by atoms with van der Waals surface area (Å²) in [5, 5.41) is 3.23. The van der Waals surface area contributed by atoms with Crippen LogP contribution in [0.3, 0.4) is 0 Å². The highest BCUT2D eigenvalue weighted by atomic mass is 127. The van der Waals surface area contributed by atoms with Crippen LogP contribution in [0.25, 0.3) is 0 Å². The number of nitrogens with one attached hydrogen (secondary N) is 1. The average molecular weight is 409 g/mol. The van der Waals surface area contributed by atoms with Crippen LogP contribution in [0.1, 0.15) is 31.2 Å². The van der Waals surface area contributed by atoms with Gasteiger partial charge >= 0.3 is 0 Å². The van der Waals surface area contributed by atoms with Gasteiger partial charge in [-0.15, -0.1) is 35.7 Å². The molecule has 1 aliphatic rings. The first-order valence-electron chi connectivity index (χ1n) is 6.58. The second-order valence-electron chi connectivity index (χ2n) is 4.78. The maximum Gasteiger partial charge on any atom is 0.189 e. The lowest BCUT2D eigenvalue weighted by Crippen LogP contribution is -2.38. The molecule has 0 heterocycles. The standard InChI is InChI=1S/C14H20FN3S.HI/c1-19-13-7-6-11(15)8-10(13)9-17-14(16)18-12-4-2-3-5-12;/h6-8,12H,2-5,9H2,1H3,(H3,16,17,18);1H. The molecular formula is C14H21FIN3S. The topological polar surface area (TPSA) is 50.4 Å².